The number of benzene rings is 12. The fourth-order valence-electron chi connectivity index (χ4n) is 13.3. The minimum atomic E-state index is 0. The molecule has 7 aromatic heterocycles. The minimum absolute atomic E-state index is 0. The fraction of sp³-hybridized carbons (Fsp3) is 0.0909. The van der Waals surface area contributed by atoms with Gasteiger partial charge >= 0.3 is 0 Å². The zero-order chi connectivity index (χ0) is 77.3. The van der Waals surface area contributed by atoms with Crippen molar-refractivity contribution in [1.82, 2.24) is 55.1 Å². The summed E-state index contributed by atoms with van der Waals surface area (Å²) in [4.78, 5) is 4.17. The van der Waals surface area contributed by atoms with Crippen LogP contribution in [0.15, 0.2) is 314 Å². The average molecular weight is 2060 g/mol. The smallest absolute Gasteiger partial charge is 0.135 e. The Morgan fingerprint density at radius 2 is 0.809 bits per heavy atom. The van der Waals surface area contributed by atoms with Gasteiger partial charge in [0.1, 0.15) is 11.2 Å². The van der Waals surface area contributed by atoms with Crippen molar-refractivity contribution in [3.05, 3.63) is 396 Å². The van der Waals surface area contributed by atoms with E-state index in [1.54, 1.807) is 28.4 Å². The summed E-state index contributed by atoms with van der Waals surface area (Å²) in [7, 11) is 0. The third-order valence-corrected chi connectivity index (χ3v) is 19.4. The molecule has 0 fully saturated rings. The predicted octanol–water partition coefficient (Wildman–Crippen LogP) is 23.5. The van der Waals surface area contributed by atoms with Crippen LogP contribution in [0.3, 0.4) is 0 Å². The van der Waals surface area contributed by atoms with Gasteiger partial charge in [0.05, 0.1) is 5.69 Å². The summed E-state index contributed by atoms with van der Waals surface area (Å²) in [5.41, 5.74) is 32.6. The second-order valence-corrected chi connectivity index (χ2v) is 27.9. The molecule has 19 rings (SSSR count). The van der Waals surface area contributed by atoms with Crippen molar-refractivity contribution in [2.24, 2.45) is 0 Å². The van der Waals surface area contributed by atoms with Crippen LogP contribution < -0.4 is 15.3 Å². The quantitative estimate of drug-likeness (QED) is 0.115. The van der Waals surface area contributed by atoms with Crippen LogP contribution in [0, 0.1) is 98.7 Å². The van der Waals surface area contributed by atoms with Crippen molar-refractivity contribution < 1.29 is 67.6 Å². The van der Waals surface area contributed by atoms with E-state index in [1.807, 2.05) is 190 Å². The number of thiazole rings is 1. The molecule has 19 aromatic rings. The van der Waals surface area contributed by atoms with Crippen LogP contribution in [0.1, 0.15) is 50.7 Å². The van der Waals surface area contributed by atoms with Crippen LogP contribution in [-0.2, 0) is 63.2 Å². The molecule has 0 unspecified atom stereocenters. The zero-order valence-corrected chi connectivity index (χ0v) is 72.3. The van der Waals surface area contributed by atoms with E-state index < -0.39 is 0 Å². The Labute approximate surface area is 719 Å². The van der Waals surface area contributed by atoms with Gasteiger partial charge < -0.3 is 35.0 Å². The number of hydrogen-bond acceptors (Lipinski definition) is 8. The summed E-state index contributed by atoms with van der Waals surface area (Å²) >= 11 is 1.63. The summed E-state index contributed by atoms with van der Waals surface area (Å²) in [6.07, 6.45) is 5.45. The molecule has 0 saturated carbocycles. The van der Waals surface area contributed by atoms with Gasteiger partial charge in [-0.15, -0.1) is 121 Å². The first-order valence-electron chi connectivity index (χ1n) is 36.8. The third-order valence-electron chi connectivity index (χ3n) is 18.6. The Balaban J connectivity index is 0.000000140. The molecule has 12 aromatic carbocycles. The maximum atomic E-state index is 5.98. The Bertz CT molecular complexity index is 5910. The molecule has 12 nitrogen and oxygen atoms in total. The largest absolute Gasteiger partial charge is 0.619 e. The first-order valence-corrected chi connectivity index (χ1v) is 37.7. The van der Waals surface area contributed by atoms with E-state index in [9.17, 15) is 0 Å². The van der Waals surface area contributed by atoms with E-state index in [0.29, 0.717) is 0 Å². The van der Waals surface area contributed by atoms with E-state index in [4.69, 9.17) is 4.42 Å². The first kappa shape index (κ1) is 84.1. The van der Waals surface area contributed by atoms with Crippen molar-refractivity contribution in [2.45, 2.75) is 62.3 Å². The van der Waals surface area contributed by atoms with Crippen molar-refractivity contribution in [3.63, 3.8) is 0 Å². The molecule has 0 saturated heterocycles. The number of aromatic nitrogens is 11. The van der Waals surface area contributed by atoms with E-state index in [1.165, 1.54) is 66.8 Å². The van der Waals surface area contributed by atoms with Gasteiger partial charge in [-0.2, -0.15) is 86.8 Å². The number of aryl methyl sites for hydroxylation is 9. The van der Waals surface area contributed by atoms with Gasteiger partial charge in [0.15, 0.2) is 0 Å². The summed E-state index contributed by atoms with van der Waals surface area (Å²) < 4.78 is 9.66. The first-order chi connectivity index (χ1) is 54.7. The van der Waals surface area contributed by atoms with Crippen molar-refractivity contribution in [3.8, 4) is 111 Å². The molecule has 0 bridgehead atoms. The van der Waals surface area contributed by atoms with Crippen molar-refractivity contribution >= 4 is 33.3 Å². The zero-order valence-electron chi connectivity index (χ0n) is 64.6. The van der Waals surface area contributed by atoms with Gasteiger partial charge in [0.2, 0.25) is 0 Å². The van der Waals surface area contributed by atoms with Gasteiger partial charge in [0, 0.05) is 126 Å². The molecule has 0 aliphatic carbocycles. The molecule has 0 aliphatic heterocycles. The van der Waals surface area contributed by atoms with E-state index in [-0.39, 0.29) is 63.2 Å². The minimum Gasteiger partial charge on any atom is -0.619 e. The molecule has 0 aliphatic rings. The molecule has 580 valence electrons. The van der Waals surface area contributed by atoms with E-state index in [2.05, 4.69) is 255 Å². The molecule has 7 heterocycles. The number of nitrogens with zero attached hydrogens (tertiary/aromatic N) is 11. The van der Waals surface area contributed by atoms with Gasteiger partial charge in [0.25, 0.3) is 0 Å². The predicted molar refractivity (Wildman–Crippen MR) is 454 cm³/mol. The number of hydrogen-bond donors (Lipinski definition) is 0. The van der Waals surface area contributed by atoms with E-state index in [0.717, 1.165) is 117 Å². The number of fused-ring (bicyclic) bond motifs is 3. The maximum absolute atomic E-state index is 5.98. The summed E-state index contributed by atoms with van der Waals surface area (Å²) in [5.74, 6) is 0. The summed E-state index contributed by atoms with van der Waals surface area (Å²) in [6, 6.07) is 116. The van der Waals surface area contributed by atoms with Crippen LogP contribution in [0.25, 0.3) is 133 Å². The number of furan rings is 1. The molecule has 0 radical (unpaired) electrons. The Hall–Kier alpha value is -11.8. The standard InChI is InChI=1S/2C24H20N2.C22H14N2O.C11H11N2.C9H7N2.C9H6NS.3Pt/c2*1-16-13-22(19-7-5-4-6-8-19)14-17(2)24(16)21-11-9-20(10-12-21)23-15-18(3)25-26-23;1-14-12-20(24-23-14)16-8-6-15(7-9-16)17-10-11-19-18-4-2-3-5-21(18)25-22(19)13-17;1-9-8-10(2)13(12-9)11-6-4-3-5-7-11;1-2-5-9(6-3-1)11-8-4-7-10-11;1-2-4-8(5-3-1)9-10-6-7-11-9;;;/h2*4-9,11-15H,1-3H3;2-8,10-13H,1H3;3-6,8H,1-2H3;1-5,7-8H;1-4,6-7H;;;/q3*-2;3*-1;;;. The second kappa shape index (κ2) is 40.3. The van der Waals surface area contributed by atoms with E-state index >= 15 is 0 Å². The molecular formula is C99H78N11OPt3S-9. The molecule has 0 atom stereocenters. The maximum Gasteiger partial charge on any atom is 0.135 e. The molecular weight excluding hydrogens is 1980 g/mol. The number of para-hydroxylation sites is 3. The second-order valence-electron chi connectivity index (χ2n) is 27.0. The average Bonchev–Trinajstić information content (AvgIpc) is 1.69. The molecule has 115 heavy (non-hydrogen) atoms. The number of rotatable bonds is 11. The molecule has 0 N–H and O–H groups in total. The van der Waals surface area contributed by atoms with Crippen LogP contribution in [-0.4, -0.2) is 39.8 Å². The third kappa shape index (κ3) is 21.3. The van der Waals surface area contributed by atoms with Crippen LogP contribution in [0.4, 0.5) is 0 Å². The Kier molecular flexibility index (Phi) is 29.4. The Morgan fingerprint density at radius 3 is 1.23 bits per heavy atom. The Morgan fingerprint density at radius 1 is 0.348 bits per heavy atom. The van der Waals surface area contributed by atoms with Crippen molar-refractivity contribution in [1.29, 1.82) is 0 Å². The van der Waals surface area contributed by atoms with Crippen LogP contribution in [0.2, 0.25) is 0 Å². The fourth-order valence-corrected chi connectivity index (χ4v) is 14.0. The molecule has 0 spiro atoms. The summed E-state index contributed by atoms with van der Waals surface area (Å²) in [6.45, 7) is 18.6. The van der Waals surface area contributed by atoms with Gasteiger partial charge in [-0.3, -0.25) is 14.3 Å². The topological polar surface area (TPSA) is 143 Å². The SMILES string of the molecule is Cc1cc(-c2[c-]cc(-c3c(C)cc(-c4ccccc4)cc3C)cc2)[n-]n1.Cc1cc(-c2[c-]cc(-c3c(C)cc(-c4ccccc4)cc3C)cc2)[n-]n1.Cc1cc(-c2[c-]cc(-c3ccc4c(c3)oc3ccccc34)cc2)[n-]n1.Cc1cc(C)n(-c2[c-]cccc2)n1.[Pt].[Pt].[Pt].[c-]1ccccc1-c1nccs1.[c-]1ccccc1-n1cccn1. The monoisotopic (exact) mass is 2050 g/mol. The molecule has 0 amide bonds. The summed E-state index contributed by atoms with van der Waals surface area (Å²) in [5, 5.41) is 38.4. The van der Waals surface area contributed by atoms with Gasteiger partial charge in [-0.05, 0) is 120 Å². The van der Waals surface area contributed by atoms with Crippen LogP contribution >= 0.6 is 11.3 Å². The normalized spacial score (nSPS) is 10.4. The van der Waals surface area contributed by atoms with Crippen molar-refractivity contribution in [2.75, 3.05) is 0 Å². The van der Waals surface area contributed by atoms with Crippen LogP contribution in [0.5, 0.6) is 0 Å². The van der Waals surface area contributed by atoms with Gasteiger partial charge in [-0.25, -0.2) is 17.1 Å². The van der Waals surface area contributed by atoms with Gasteiger partial charge in [-0.1, -0.05) is 189 Å². The molecule has 16 heteroatoms.